The summed E-state index contributed by atoms with van der Waals surface area (Å²) in [4.78, 5) is 4.37. The van der Waals surface area contributed by atoms with Crippen LogP contribution in [0.1, 0.15) is 13.3 Å². The number of nitrogens with one attached hydrogen (secondary N) is 1. The van der Waals surface area contributed by atoms with Gasteiger partial charge < -0.3 is 5.32 Å². The molecule has 3 heteroatoms. The second-order valence-electron chi connectivity index (χ2n) is 3.45. The quantitative estimate of drug-likeness (QED) is 0.875. The minimum absolute atomic E-state index is 0.970. The monoisotopic (exact) mass is 312 g/mol. The van der Waals surface area contributed by atoms with Gasteiger partial charge in [-0.25, -0.2) is 4.98 Å². The predicted molar refractivity (Wildman–Crippen MR) is 73.2 cm³/mol. The van der Waals surface area contributed by atoms with Crippen molar-refractivity contribution >= 4 is 39.2 Å². The van der Waals surface area contributed by atoms with Gasteiger partial charge in [0.2, 0.25) is 0 Å². The minimum Gasteiger partial charge on any atom is -0.370 e. The summed E-state index contributed by atoms with van der Waals surface area (Å²) in [6.45, 7) is 3.12. The lowest BCUT2D eigenvalue weighted by molar-refractivity contribution is 0.972. The molecule has 0 amide bonds. The molecule has 0 aliphatic heterocycles. The summed E-state index contributed by atoms with van der Waals surface area (Å²) in [6, 6.07) is 8.46. The number of anilines is 1. The van der Waals surface area contributed by atoms with Gasteiger partial charge in [0.25, 0.3) is 0 Å². The Morgan fingerprint density at radius 3 is 3.00 bits per heavy atom. The van der Waals surface area contributed by atoms with Crippen LogP contribution in [0.15, 0.2) is 30.5 Å². The van der Waals surface area contributed by atoms with E-state index < -0.39 is 0 Å². The summed E-state index contributed by atoms with van der Waals surface area (Å²) in [5.41, 5.74) is 0. The maximum Gasteiger partial charge on any atom is 0.133 e. The fourth-order valence-corrected chi connectivity index (χ4v) is 2.02. The van der Waals surface area contributed by atoms with Gasteiger partial charge in [0.05, 0.1) is 0 Å². The average Bonchev–Trinajstić information content (AvgIpc) is 2.26. The minimum atomic E-state index is 0.970. The van der Waals surface area contributed by atoms with Gasteiger partial charge in [-0.05, 0) is 52.6 Å². The molecule has 0 bridgehead atoms. The van der Waals surface area contributed by atoms with E-state index in [1.807, 2.05) is 12.3 Å². The first-order chi connectivity index (χ1) is 7.31. The lowest BCUT2D eigenvalue weighted by Crippen LogP contribution is -2.02. The molecule has 1 heterocycles. The molecule has 0 aliphatic carbocycles. The number of hydrogen-bond donors (Lipinski definition) is 1. The molecule has 0 atom stereocenters. The molecular weight excluding hydrogens is 299 g/mol. The summed E-state index contributed by atoms with van der Waals surface area (Å²) in [5.74, 6) is 0.993. The van der Waals surface area contributed by atoms with Crippen LogP contribution in [-0.2, 0) is 0 Å². The van der Waals surface area contributed by atoms with E-state index in [1.165, 1.54) is 14.3 Å². The van der Waals surface area contributed by atoms with E-state index in [-0.39, 0.29) is 0 Å². The number of hydrogen-bond acceptors (Lipinski definition) is 2. The van der Waals surface area contributed by atoms with Crippen LogP contribution >= 0.6 is 22.6 Å². The smallest absolute Gasteiger partial charge is 0.133 e. The lowest BCUT2D eigenvalue weighted by Gasteiger charge is -2.07. The Labute approximate surface area is 103 Å². The number of fused-ring (bicyclic) bond motifs is 1. The zero-order chi connectivity index (χ0) is 10.7. The molecule has 0 spiro atoms. The summed E-state index contributed by atoms with van der Waals surface area (Å²) in [7, 11) is 0. The third-order valence-corrected chi connectivity index (χ3v) is 2.94. The van der Waals surface area contributed by atoms with E-state index >= 15 is 0 Å². The van der Waals surface area contributed by atoms with Gasteiger partial charge in [-0.3, -0.25) is 0 Å². The highest BCUT2D eigenvalue weighted by molar-refractivity contribution is 14.1. The summed E-state index contributed by atoms with van der Waals surface area (Å²) in [6.07, 6.45) is 2.97. The largest absolute Gasteiger partial charge is 0.370 e. The topological polar surface area (TPSA) is 24.9 Å². The van der Waals surface area contributed by atoms with Crippen molar-refractivity contribution in [3.05, 3.63) is 34.0 Å². The number of pyridine rings is 1. The summed E-state index contributed by atoms with van der Waals surface area (Å²) >= 11 is 2.33. The molecule has 78 valence electrons. The van der Waals surface area contributed by atoms with Crippen LogP contribution in [0.2, 0.25) is 0 Å². The Hall–Kier alpha value is -0.840. The van der Waals surface area contributed by atoms with Crippen molar-refractivity contribution < 1.29 is 0 Å². The Morgan fingerprint density at radius 1 is 1.33 bits per heavy atom. The molecule has 1 N–H and O–H groups in total. The van der Waals surface area contributed by atoms with E-state index in [4.69, 9.17) is 0 Å². The van der Waals surface area contributed by atoms with Gasteiger partial charge in [0, 0.05) is 21.7 Å². The molecule has 2 nitrogen and oxygen atoms in total. The molecule has 2 rings (SSSR count). The SMILES string of the molecule is CCCNc1nccc2ccc(I)cc12. The number of halogens is 1. The van der Waals surface area contributed by atoms with Crippen molar-refractivity contribution in [2.24, 2.45) is 0 Å². The molecule has 0 aliphatic rings. The van der Waals surface area contributed by atoms with E-state index in [0.29, 0.717) is 0 Å². The van der Waals surface area contributed by atoms with Crippen LogP contribution in [0.5, 0.6) is 0 Å². The third kappa shape index (κ3) is 2.40. The fourth-order valence-electron chi connectivity index (χ4n) is 1.52. The highest BCUT2D eigenvalue weighted by Crippen LogP contribution is 2.22. The molecule has 0 saturated carbocycles. The van der Waals surface area contributed by atoms with E-state index in [9.17, 15) is 0 Å². The molecular formula is C12H13IN2. The molecule has 1 aromatic carbocycles. The van der Waals surface area contributed by atoms with E-state index in [1.54, 1.807) is 0 Å². The van der Waals surface area contributed by atoms with Crippen LogP contribution in [0.4, 0.5) is 5.82 Å². The van der Waals surface area contributed by atoms with Gasteiger partial charge in [0.15, 0.2) is 0 Å². The van der Waals surface area contributed by atoms with Gasteiger partial charge in [-0.15, -0.1) is 0 Å². The van der Waals surface area contributed by atoms with Crippen molar-refractivity contribution in [3.63, 3.8) is 0 Å². The summed E-state index contributed by atoms with van der Waals surface area (Å²) < 4.78 is 1.24. The Bertz CT molecular complexity index is 468. The number of nitrogens with zero attached hydrogens (tertiary/aromatic N) is 1. The standard InChI is InChI=1S/C12H13IN2/c1-2-6-14-12-11-8-10(13)4-3-9(11)5-7-15-12/h3-5,7-8H,2,6H2,1H3,(H,14,15). The van der Waals surface area contributed by atoms with Gasteiger partial charge in [-0.2, -0.15) is 0 Å². The maximum atomic E-state index is 4.37. The van der Waals surface area contributed by atoms with E-state index in [2.05, 4.69) is 58.0 Å². The van der Waals surface area contributed by atoms with Crippen molar-refractivity contribution in [3.8, 4) is 0 Å². The first-order valence-electron chi connectivity index (χ1n) is 5.09. The first-order valence-corrected chi connectivity index (χ1v) is 6.17. The van der Waals surface area contributed by atoms with Crippen molar-refractivity contribution in [2.45, 2.75) is 13.3 Å². The first kappa shape index (κ1) is 10.7. The Morgan fingerprint density at radius 2 is 2.20 bits per heavy atom. The van der Waals surface area contributed by atoms with Gasteiger partial charge in [-0.1, -0.05) is 13.0 Å². The zero-order valence-corrected chi connectivity index (χ0v) is 10.8. The van der Waals surface area contributed by atoms with Crippen molar-refractivity contribution in [2.75, 3.05) is 11.9 Å². The molecule has 0 fully saturated rings. The molecule has 2 aromatic rings. The van der Waals surface area contributed by atoms with Crippen LogP contribution in [0.3, 0.4) is 0 Å². The second kappa shape index (κ2) is 4.79. The normalized spacial score (nSPS) is 10.5. The molecule has 0 radical (unpaired) electrons. The second-order valence-corrected chi connectivity index (χ2v) is 4.70. The average molecular weight is 312 g/mol. The number of aromatic nitrogens is 1. The molecule has 1 aromatic heterocycles. The highest BCUT2D eigenvalue weighted by Gasteiger charge is 2.01. The maximum absolute atomic E-state index is 4.37. The van der Waals surface area contributed by atoms with Crippen LogP contribution < -0.4 is 5.32 Å². The predicted octanol–water partition coefficient (Wildman–Crippen LogP) is 3.66. The fraction of sp³-hybridized carbons (Fsp3) is 0.250. The number of benzene rings is 1. The van der Waals surface area contributed by atoms with Gasteiger partial charge in [0.1, 0.15) is 5.82 Å². The van der Waals surface area contributed by atoms with Gasteiger partial charge >= 0.3 is 0 Å². The third-order valence-electron chi connectivity index (χ3n) is 2.27. The molecule has 15 heavy (non-hydrogen) atoms. The van der Waals surface area contributed by atoms with Crippen LogP contribution in [-0.4, -0.2) is 11.5 Å². The lowest BCUT2D eigenvalue weighted by atomic mass is 10.1. The van der Waals surface area contributed by atoms with Crippen molar-refractivity contribution in [1.29, 1.82) is 0 Å². The van der Waals surface area contributed by atoms with Crippen LogP contribution in [0, 0.1) is 3.57 Å². The van der Waals surface area contributed by atoms with E-state index in [0.717, 1.165) is 18.8 Å². The van der Waals surface area contributed by atoms with Crippen LogP contribution in [0.25, 0.3) is 10.8 Å². The Balaban J connectivity index is 2.48. The Kier molecular flexibility index (Phi) is 3.41. The highest BCUT2D eigenvalue weighted by atomic mass is 127. The zero-order valence-electron chi connectivity index (χ0n) is 8.63. The molecule has 0 unspecified atom stereocenters. The number of rotatable bonds is 3. The van der Waals surface area contributed by atoms with Crippen molar-refractivity contribution in [1.82, 2.24) is 4.98 Å². The molecule has 0 saturated heterocycles. The summed E-state index contributed by atoms with van der Waals surface area (Å²) in [5, 5.41) is 5.80.